The Morgan fingerprint density at radius 3 is 2.50 bits per heavy atom. The lowest BCUT2D eigenvalue weighted by Crippen LogP contribution is -2.70. The van der Waals surface area contributed by atoms with Gasteiger partial charge in [0.05, 0.1) is 12.3 Å². The van der Waals surface area contributed by atoms with E-state index in [0.29, 0.717) is 27.8 Å². The van der Waals surface area contributed by atoms with Crippen LogP contribution in [0.25, 0.3) is 11.0 Å². The van der Waals surface area contributed by atoms with Gasteiger partial charge in [0.25, 0.3) is 11.8 Å². The van der Waals surface area contributed by atoms with Gasteiger partial charge in [0, 0.05) is 42.2 Å². The van der Waals surface area contributed by atoms with E-state index >= 15 is 4.39 Å². The number of rotatable bonds is 9. The Labute approximate surface area is 248 Å². The summed E-state index contributed by atoms with van der Waals surface area (Å²) in [6, 6.07) is 4.06. The van der Waals surface area contributed by atoms with Crippen molar-refractivity contribution in [1.29, 1.82) is 0 Å². The van der Waals surface area contributed by atoms with Crippen molar-refractivity contribution in [3.8, 4) is 11.5 Å². The molecule has 2 atom stereocenters. The van der Waals surface area contributed by atoms with E-state index in [1.54, 1.807) is 20.8 Å². The quantitative estimate of drug-likeness (QED) is 0.178. The minimum Gasteiger partial charge on any atom is -0.453 e. The Balaban J connectivity index is 1.36. The number of imide groups is 1. The first-order valence-corrected chi connectivity index (χ1v) is 13.4. The number of carbonyl (C=O) groups is 3. The average molecular weight is 613 g/mol. The monoisotopic (exact) mass is 612 g/mol. The molecule has 0 bridgehead atoms. The van der Waals surface area contributed by atoms with Gasteiger partial charge in [0.1, 0.15) is 11.1 Å². The molecule has 1 aliphatic heterocycles. The summed E-state index contributed by atoms with van der Waals surface area (Å²) in [7, 11) is 0. The number of aromatic nitrogens is 3. The van der Waals surface area contributed by atoms with Crippen LogP contribution in [0, 0.1) is 17.5 Å². The summed E-state index contributed by atoms with van der Waals surface area (Å²) in [5.41, 5.74) is 2.60. The van der Waals surface area contributed by atoms with E-state index in [4.69, 9.17) is 4.74 Å². The smallest absolute Gasteiger partial charge is 0.346 e. The summed E-state index contributed by atoms with van der Waals surface area (Å²) in [4.78, 5) is 44.2. The van der Waals surface area contributed by atoms with Crippen LogP contribution < -0.4 is 25.7 Å². The Bertz CT molecular complexity index is 1750. The predicted molar refractivity (Wildman–Crippen MR) is 152 cm³/mol. The van der Waals surface area contributed by atoms with Gasteiger partial charge in [0.2, 0.25) is 0 Å². The second-order valence-electron chi connectivity index (χ2n) is 10.1. The van der Waals surface area contributed by atoms with Gasteiger partial charge in [-0.15, -0.1) is 0 Å². The maximum absolute atomic E-state index is 15.2. The van der Waals surface area contributed by atoms with Crippen LogP contribution in [-0.2, 0) is 9.59 Å². The molecule has 3 heterocycles. The number of pyridine rings is 1. The first-order chi connectivity index (χ1) is 21.0. The van der Waals surface area contributed by atoms with Crippen LogP contribution >= 0.6 is 0 Å². The number of hydrogen-bond acceptors (Lipinski definition) is 9. The number of nitrogens with one attached hydrogen (secondary N) is 4. The number of amides is 4. The number of ether oxygens (including phenoxy) is 1. The number of aliphatic hydroxyl groups is 1. The van der Waals surface area contributed by atoms with Crippen molar-refractivity contribution < 1.29 is 37.4 Å². The normalized spacial score (nSPS) is 16.0. The van der Waals surface area contributed by atoms with Gasteiger partial charge in [-0.05, 0) is 45.0 Å². The van der Waals surface area contributed by atoms with Gasteiger partial charge < -0.3 is 20.5 Å². The summed E-state index contributed by atoms with van der Waals surface area (Å²) >= 11 is 0. The number of hydrogen-bond donors (Lipinski definition) is 5. The molecule has 0 radical (unpaired) electrons. The molecular weight excluding hydrogens is 585 g/mol. The number of benzene rings is 2. The van der Waals surface area contributed by atoms with E-state index in [0.717, 1.165) is 23.2 Å². The molecule has 0 aliphatic carbocycles. The fourth-order valence-corrected chi connectivity index (χ4v) is 4.37. The predicted octanol–water partition coefficient (Wildman–Crippen LogP) is 3.65. The van der Waals surface area contributed by atoms with E-state index in [-0.39, 0.29) is 35.5 Å². The van der Waals surface area contributed by atoms with Crippen molar-refractivity contribution in [1.82, 2.24) is 25.6 Å². The van der Waals surface area contributed by atoms with E-state index < -0.39 is 47.4 Å². The highest BCUT2D eigenvalue weighted by molar-refractivity contribution is 6.25. The third-order valence-corrected chi connectivity index (χ3v) is 6.57. The zero-order chi connectivity index (χ0) is 31.7. The summed E-state index contributed by atoms with van der Waals surface area (Å²) in [5.74, 6) is -4.99. The highest BCUT2D eigenvalue weighted by atomic mass is 19.2. The fraction of sp³-hybridized carbons (Fsp3) is 0.250. The summed E-state index contributed by atoms with van der Waals surface area (Å²) < 4.78 is 48.5. The second kappa shape index (κ2) is 12.2. The van der Waals surface area contributed by atoms with Crippen molar-refractivity contribution in [2.75, 3.05) is 22.1 Å². The van der Waals surface area contributed by atoms with Gasteiger partial charge in [-0.1, -0.05) is 0 Å². The molecule has 2 aromatic heterocycles. The van der Waals surface area contributed by atoms with Crippen LogP contribution in [0.1, 0.15) is 20.8 Å². The van der Waals surface area contributed by atoms with E-state index in [9.17, 15) is 28.3 Å². The maximum atomic E-state index is 15.2. The number of nitrogens with zero attached hydrogens (tertiary/aromatic N) is 4. The number of urea groups is 1. The van der Waals surface area contributed by atoms with Crippen molar-refractivity contribution in [2.45, 2.75) is 38.9 Å². The van der Waals surface area contributed by atoms with Crippen LogP contribution in [0.4, 0.5) is 35.2 Å². The van der Waals surface area contributed by atoms with Crippen molar-refractivity contribution in [3.63, 3.8) is 0 Å². The molecule has 2 aromatic carbocycles. The molecule has 230 valence electrons. The van der Waals surface area contributed by atoms with Crippen molar-refractivity contribution >= 4 is 46.1 Å². The lowest BCUT2D eigenvalue weighted by atomic mass is 10.1. The lowest BCUT2D eigenvalue weighted by Gasteiger charge is -2.40. The molecule has 1 unspecified atom stereocenters. The van der Waals surface area contributed by atoms with E-state index in [1.165, 1.54) is 24.4 Å². The van der Waals surface area contributed by atoms with Gasteiger partial charge in [-0.3, -0.25) is 19.7 Å². The third-order valence-electron chi connectivity index (χ3n) is 6.57. The molecule has 4 amide bonds. The Kier molecular flexibility index (Phi) is 8.37. The Morgan fingerprint density at radius 1 is 1.05 bits per heavy atom. The molecular formula is C28H27F3N8O5. The highest BCUT2D eigenvalue weighted by Gasteiger charge is 2.44. The number of halogens is 3. The third kappa shape index (κ3) is 5.84. The molecule has 1 aliphatic rings. The van der Waals surface area contributed by atoms with E-state index in [2.05, 4.69) is 31.2 Å². The number of aliphatic hydroxyl groups excluding tert-OH is 1. The van der Waals surface area contributed by atoms with Gasteiger partial charge in [-0.25, -0.2) is 33.3 Å². The van der Waals surface area contributed by atoms with Gasteiger partial charge in [-0.2, -0.15) is 5.10 Å². The molecule has 0 saturated carbocycles. The minimum absolute atomic E-state index is 0.0378. The van der Waals surface area contributed by atoms with Gasteiger partial charge >= 0.3 is 6.03 Å². The second-order valence-corrected chi connectivity index (χ2v) is 10.1. The summed E-state index contributed by atoms with van der Waals surface area (Å²) in [6.45, 7) is 4.79. The van der Waals surface area contributed by atoms with Crippen molar-refractivity contribution in [3.05, 3.63) is 66.1 Å². The SMILES string of the molecule is CC(C)N1NC(C(=O)Nc2ccc(Oc3ccnc4[nH]nc(N[C@H](C)CO)c34)c(F)c2)C(=O)N(c2ccc(F)c(F)c2)C1=O. The Hall–Kier alpha value is -5.22. The zero-order valence-corrected chi connectivity index (χ0v) is 23.6. The minimum atomic E-state index is -1.68. The molecule has 5 rings (SSSR count). The first kappa shape index (κ1) is 30.2. The Morgan fingerprint density at radius 2 is 1.82 bits per heavy atom. The van der Waals surface area contributed by atoms with Gasteiger partial charge in [0.15, 0.2) is 40.7 Å². The first-order valence-electron chi connectivity index (χ1n) is 13.4. The van der Waals surface area contributed by atoms with E-state index in [1.807, 2.05) is 0 Å². The molecule has 44 heavy (non-hydrogen) atoms. The van der Waals surface area contributed by atoms with Crippen molar-refractivity contribution in [2.24, 2.45) is 0 Å². The lowest BCUT2D eigenvalue weighted by molar-refractivity contribution is -0.131. The maximum Gasteiger partial charge on any atom is 0.346 e. The molecule has 16 heteroatoms. The molecule has 5 N–H and O–H groups in total. The number of aromatic amines is 1. The topological polar surface area (TPSA) is 165 Å². The largest absolute Gasteiger partial charge is 0.453 e. The summed E-state index contributed by atoms with van der Waals surface area (Å²) in [6.07, 6.45) is 1.44. The van der Waals surface area contributed by atoms with Crippen LogP contribution in [0.2, 0.25) is 0 Å². The fourth-order valence-electron chi connectivity index (χ4n) is 4.37. The van der Waals surface area contributed by atoms with Crippen LogP contribution in [0.15, 0.2) is 48.7 Å². The van der Waals surface area contributed by atoms with Crippen LogP contribution in [0.5, 0.6) is 11.5 Å². The molecule has 4 aromatic rings. The summed E-state index contributed by atoms with van der Waals surface area (Å²) in [5, 5.41) is 23.1. The zero-order valence-electron chi connectivity index (χ0n) is 23.6. The number of hydrazine groups is 1. The number of fused-ring (bicyclic) bond motifs is 1. The number of carbonyl (C=O) groups excluding carboxylic acids is 3. The molecule has 1 saturated heterocycles. The van der Waals surface area contributed by atoms with Crippen LogP contribution in [-0.4, -0.2) is 67.9 Å². The van der Waals surface area contributed by atoms with Crippen LogP contribution in [0.3, 0.4) is 0 Å². The average Bonchev–Trinajstić information content (AvgIpc) is 3.39. The number of H-pyrrole nitrogens is 1. The number of anilines is 3. The molecule has 1 fully saturated rings. The standard InChI is InChI=1S/C28H27F3N8O5/c1-13(2)39-28(43)38(16-5-6-17(29)18(30)11-16)27(42)23(37-39)26(41)34-15-4-7-20(19(31)10-15)44-21-8-9-32-24-22(21)25(36-35-24)33-14(3)12-40/h4-11,13-14,23,37,40H,12H2,1-3H3,(H,34,41)(H2,32,33,35,36)/t14-,23?/m1/s1. The highest BCUT2D eigenvalue weighted by Crippen LogP contribution is 2.35. The molecule has 0 spiro atoms. The molecule has 13 nitrogen and oxygen atoms in total.